The number of nitrogens with zero attached hydrogens (tertiary/aromatic N) is 1. The molecule has 0 aliphatic carbocycles. The highest BCUT2D eigenvalue weighted by molar-refractivity contribution is 6.35. The topological polar surface area (TPSA) is 62.7 Å². The summed E-state index contributed by atoms with van der Waals surface area (Å²) in [5.41, 5.74) is 3.22. The first-order valence-electron chi connectivity index (χ1n) is 9.03. The highest BCUT2D eigenvalue weighted by atomic mass is 35.5. The Balaban J connectivity index is 2.25. The van der Waals surface area contributed by atoms with Crippen molar-refractivity contribution in [3.63, 3.8) is 0 Å². The van der Waals surface area contributed by atoms with E-state index in [4.69, 9.17) is 39.6 Å². The molecule has 11 heteroatoms. The van der Waals surface area contributed by atoms with Gasteiger partial charge in [0, 0.05) is 34.9 Å². The van der Waals surface area contributed by atoms with Gasteiger partial charge in [0.2, 0.25) is 11.5 Å². The van der Waals surface area contributed by atoms with Gasteiger partial charge in [0.1, 0.15) is 0 Å². The number of carbonyl (C=O) groups is 1. The number of hydrogen-bond acceptors (Lipinski definition) is 4. The maximum Gasteiger partial charge on any atom is 0.431 e. The molecular formula is C20H19Cl3F3N3O2. The van der Waals surface area contributed by atoms with Gasteiger partial charge in [-0.2, -0.15) is 13.2 Å². The molecule has 168 valence electrons. The second-order valence-corrected chi connectivity index (χ2v) is 7.83. The average molecular weight is 497 g/mol. The first-order valence-corrected chi connectivity index (χ1v) is 10.2. The van der Waals surface area contributed by atoms with Crippen molar-refractivity contribution >= 4 is 52.1 Å². The second-order valence-electron chi connectivity index (χ2n) is 6.55. The van der Waals surface area contributed by atoms with Crippen molar-refractivity contribution < 1.29 is 22.8 Å². The zero-order valence-electron chi connectivity index (χ0n) is 16.3. The van der Waals surface area contributed by atoms with Crippen molar-refractivity contribution in [2.45, 2.75) is 38.0 Å². The molecule has 0 bridgehead atoms. The molecule has 2 N–H and O–H groups in total. The van der Waals surface area contributed by atoms with Crippen molar-refractivity contribution in [1.82, 2.24) is 5.43 Å². The molecule has 0 fully saturated rings. The van der Waals surface area contributed by atoms with E-state index in [1.165, 1.54) is 30.4 Å². The summed E-state index contributed by atoms with van der Waals surface area (Å²) in [4.78, 5) is 16.3. The van der Waals surface area contributed by atoms with Crippen molar-refractivity contribution in [1.29, 1.82) is 0 Å². The molecule has 31 heavy (non-hydrogen) atoms. The Bertz CT molecular complexity index is 945. The molecule has 1 aliphatic rings. The van der Waals surface area contributed by atoms with E-state index in [2.05, 4.69) is 22.6 Å². The van der Waals surface area contributed by atoms with Crippen LogP contribution in [0.1, 0.15) is 31.7 Å². The van der Waals surface area contributed by atoms with Crippen LogP contribution in [0, 0.1) is 0 Å². The quantitative estimate of drug-likeness (QED) is 0.322. The second kappa shape index (κ2) is 10.4. The number of allylic oxidation sites excluding steroid dienone is 4. The molecule has 1 aromatic carbocycles. The minimum absolute atomic E-state index is 0.00946. The molecule has 0 spiro atoms. The Labute approximate surface area is 192 Å². The highest BCUT2D eigenvalue weighted by Crippen LogP contribution is 2.44. The number of amides is 1. The molecule has 5 nitrogen and oxygen atoms in total. The molecular weight excluding hydrogens is 478 g/mol. The van der Waals surface area contributed by atoms with Gasteiger partial charge < -0.3 is 4.84 Å². The van der Waals surface area contributed by atoms with Gasteiger partial charge in [0.15, 0.2) is 0 Å². The first kappa shape index (κ1) is 25.1. The lowest BCUT2D eigenvalue weighted by molar-refractivity contribution is -0.267. The minimum Gasteiger partial charge on any atom is -0.378 e. The van der Waals surface area contributed by atoms with Crippen LogP contribution in [-0.2, 0) is 9.63 Å². The van der Waals surface area contributed by atoms with Crippen LogP contribution < -0.4 is 10.9 Å². The van der Waals surface area contributed by atoms with Crippen LogP contribution >= 0.6 is 34.8 Å². The van der Waals surface area contributed by atoms with Crippen LogP contribution in [0.15, 0.2) is 58.2 Å². The maximum atomic E-state index is 13.9. The Hall–Kier alpha value is -2.16. The number of carbonyl (C=O) groups excluding carboxylic acids is 1. The third kappa shape index (κ3) is 6.41. The van der Waals surface area contributed by atoms with Crippen LogP contribution in [0.4, 0.5) is 18.9 Å². The van der Waals surface area contributed by atoms with E-state index in [0.29, 0.717) is 11.3 Å². The lowest BCUT2D eigenvalue weighted by Gasteiger charge is -2.28. The number of oxime groups is 1. The summed E-state index contributed by atoms with van der Waals surface area (Å²) >= 11 is 17.8. The van der Waals surface area contributed by atoms with Crippen LogP contribution in [0.5, 0.6) is 0 Å². The fourth-order valence-electron chi connectivity index (χ4n) is 2.55. The van der Waals surface area contributed by atoms with Gasteiger partial charge in [-0.25, -0.2) is 0 Å². The van der Waals surface area contributed by atoms with Crippen LogP contribution in [0.2, 0.25) is 5.02 Å². The summed E-state index contributed by atoms with van der Waals surface area (Å²) in [6.07, 6.45) is -1.86. The largest absolute Gasteiger partial charge is 0.431 e. The van der Waals surface area contributed by atoms with Crippen molar-refractivity contribution in [2.75, 3.05) is 5.43 Å². The fourth-order valence-corrected chi connectivity index (χ4v) is 3.08. The molecule has 1 atom stereocenters. The summed E-state index contributed by atoms with van der Waals surface area (Å²) < 4.78 is 41.6. The highest BCUT2D eigenvalue weighted by Gasteiger charge is 2.60. The predicted molar refractivity (Wildman–Crippen MR) is 117 cm³/mol. The number of hydrogen-bond donors (Lipinski definition) is 2. The van der Waals surface area contributed by atoms with E-state index < -0.39 is 24.6 Å². The van der Waals surface area contributed by atoms with Crippen LogP contribution in [0.3, 0.4) is 0 Å². The van der Waals surface area contributed by atoms with Crippen molar-refractivity contribution in [3.8, 4) is 0 Å². The van der Waals surface area contributed by atoms with E-state index in [1.807, 2.05) is 0 Å². The van der Waals surface area contributed by atoms with Crippen molar-refractivity contribution in [3.05, 3.63) is 63.7 Å². The van der Waals surface area contributed by atoms with Gasteiger partial charge in [0.05, 0.1) is 16.4 Å². The summed E-state index contributed by atoms with van der Waals surface area (Å²) in [7, 11) is 0. The lowest BCUT2D eigenvalue weighted by atomic mass is 9.90. The van der Waals surface area contributed by atoms with E-state index >= 15 is 0 Å². The molecule has 1 aromatic rings. The minimum atomic E-state index is -4.72. The smallest absolute Gasteiger partial charge is 0.378 e. The van der Waals surface area contributed by atoms with Gasteiger partial charge in [-0.05, 0) is 18.2 Å². The van der Waals surface area contributed by atoms with Gasteiger partial charge in [0.25, 0.3) is 0 Å². The van der Waals surface area contributed by atoms with E-state index in [-0.39, 0.29) is 33.1 Å². The summed E-state index contributed by atoms with van der Waals surface area (Å²) in [5.74, 6) is -0.284. The maximum absolute atomic E-state index is 13.9. The zero-order valence-corrected chi connectivity index (χ0v) is 18.6. The molecule has 1 heterocycles. The molecule has 0 radical (unpaired) electrons. The SMILES string of the molecule is C=C/C(Cl)=C\C(Cl)=C/CC1(C(F)(F)F)CC(c2ccc(Cl)c(NNC(=O)CC)c2)=NO1. The number of nitrogens with one attached hydrogen (secondary N) is 2. The molecule has 0 saturated carbocycles. The standard InChI is InChI=1S/C20H19Cl3F3N3O2/c1-3-13(21)10-14(22)7-8-19(20(24,25)26)11-17(29-31-19)12-5-6-15(23)16(9-12)27-28-18(30)4-2/h3,5-7,9-10,27H,1,4,8,11H2,2H3,(H,28,30)/b13-10+,14-7+. The molecule has 0 aromatic heterocycles. The van der Waals surface area contributed by atoms with Crippen LogP contribution in [0.25, 0.3) is 0 Å². The summed E-state index contributed by atoms with van der Waals surface area (Å²) in [6, 6.07) is 4.47. The molecule has 1 aliphatic heterocycles. The van der Waals surface area contributed by atoms with Gasteiger partial charge in [-0.1, -0.05) is 71.7 Å². The molecule has 2 rings (SSSR count). The normalized spacial score (nSPS) is 19.5. The first-order chi connectivity index (χ1) is 14.5. The molecule has 1 amide bonds. The van der Waals surface area contributed by atoms with Crippen LogP contribution in [-0.4, -0.2) is 23.4 Å². The Morgan fingerprint density at radius 2 is 2.06 bits per heavy atom. The Morgan fingerprint density at radius 1 is 1.35 bits per heavy atom. The summed E-state index contributed by atoms with van der Waals surface area (Å²) in [5, 5.41) is 4.13. The van der Waals surface area contributed by atoms with Gasteiger partial charge in [-0.15, -0.1) is 0 Å². The Kier molecular flexibility index (Phi) is 8.45. The van der Waals surface area contributed by atoms with E-state index in [1.54, 1.807) is 6.92 Å². The van der Waals surface area contributed by atoms with Gasteiger partial charge >= 0.3 is 6.18 Å². The number of rotatable bonds is 8. The molecule has 0 saturated heterocycles. The van der Waals surface area contributed by atoms with Crippen molar-refractivity contribution in [2.24, 2.45) is 5.16 Å². The number of benzene rings is 1. The van der Waals surface area contributed by atoms with E-state index in [0.717, 1.165) is 6.08 Å². The number of halogens is 6. The van der Waals surface area contributed by atoms with E-state index in [9.17, 15) is 18.0 Å². The third-order valence-corrected chi connectivity index (χ3v) is 5.21. The predicted octanol–water partition coefficient (Wildman–Crippen LogP) is 6.44. The Morgan fingerprint density at radius 3 is 2.68 bits per heavy atom. The summed E-state index contributed by atoms with van der Waals surface area (Å²) in [6.45, 7) is 5.11. The number of hydrazine groups is 1. The zero-order chi connectivity index (χ0) is 23.2. The van der Waals surface area contributed by atoms with Gasteiger partial charge in [-0.3, -0.25) is 15.6 Å². The fraction of sp³-hybridized carbons (Fsp3) is 0.300. The lowest BCUT2D eigenvalue weighted by Crippen LogP contribution is -2.45. The third-order valence-electron chi connectivity index (χ3n) is 4.36. The number of alkyl halides is 3. The molecule has 1 unspecified atom stereocenters. The average Bonchev–Trinajstić information content (AvgIpc) is 3.17. The monoisotopic (exact) mass is 495 g/mol. The number of anilines is 1.